The first-order chi connectivity index (χ1) is 18.8. The lowest BCUT2D eigenvalue weighted by molar-refractivity contribution is -0.134. The summed E-state index contributed by atoms with van der Waals surface area (Å²) >= 11 is 0. The van der Waals surface area contributed by atoms with Gasteiger partial charge >= 0.3 is 0 Å². The van der Waals surface area contributed by atoms with Crippen molar-refractivity contribution in [2.75, 3.05) is 7.11 Å². The molecule has 1 heterocycles. The molecule has 0 aliphatic carbocycles. The van der Waals surface area contributed by atoms with Gasteiger partial charge in [-0.15, -0.1) is 0 Å². The highest BCUT2D eigenvalue weighted by Gasteiger charge is 2.30. The van der Waals surface area contributed by atoms with Gasteiger partial charge < -0.3 is 9.64 Å². The maximum atomic E-state index is 14.6. The van der Waals surface area contributed by atoms with Gasteiger partial charge in [-0.1, -0.05) is 72.8 Å². The highest BCUT2D eigenvalue weighted by atomic mass is 32.2. The first-order valence-electron chi connectivity index (χ1n) is 12.7. The van der Waals surface area contributed by atoms with E-state index in [4.69, 9.17) is 4.74 Å². The largest absolute Gasteiger partial charge is 0.497 e. The van der Waals surface area contributed by atoms with Gasteiger partial charge in [0.05, 0.1) is 18.0 Å². The van der Waals surface area contributed by atoms with Crippen LogP contribution in [0, 0.1) is 5.82 Å². The summed E-state index contributed by atoms with van der Waals surface area (Å²) in [6.45, 7) is 0.0384. The van der Waals surface area contributed by atoms with E-state index in [9.17, 15) is 17.6 Å². The van der Waals surface area contributed by atoms with Crippen LogP contribution in [0.3, 0.4) is 0 Å². The Kier molecular flexibility index (Phi) is 7.77. The number of methoxy groups -OCH3 is 1. The number of benzene rings is 4. The monoisotopic (exact) mass is 544 g/mol. The van der Waals surface area contributed by atoms with Crippen molar-refractivity contribution in [1.29, 1.82) is 0 Å². The van der Waals surface area contributed by atoms with E-state index in [0.29, 0.717) is 17.7 Å². The van der Waals surface area contributed by atoms with Crippen LogP contribution in [0.5, 0.6) is 5.75 Å². The zero-order valence-corrected chi connectivity index (χ0v) is 22.3. The molecule has 6 nitrogen and oxygen atoms in total. The molecule has 5 rings (SSSR count). The molecule has 0 fully saturated rings. The van der Waals surface area contributed by atoms with Gasteiger partial charge in [0, 0.05) is 24.6 Å². The lowest BCUT2D eigenvalue weighted by Gasteiger charge is -2.33. The molecule has 1 N–H and O–H groups in total. The summed E-state index contributed by atoms with van der Waals surface area (Å²) < 4.78 is 49.2. The van der Waals surface area contributed by atoms with Crippen LogP contribution >= 0.6 is 0 Å². The van der Waals surface area contributed by atoms with Crippen LogP contribution in [0.1, 0.15) is 30.0 Å². The minimum atomic E-state index is -3.89. The van der Waals surface area contributed by atoms with Crippen LogP contribution in [0.25, 0.3) is 10.8 Å². The Morgan fingerprint density at radius 1 is 0.949 bits per heavy atom. The molecule has 0 unspecified atom stereocenters. The van der Waals surface area contributed by atoms with Gasteiger partial charge in [0.2, 0.25) is 15.9 Å². The van der Waals surface area contributed by atoms with Gasteiger partial charge in [-0.25, -0.2) is 17.5 Å². The molecule has 0 radical (unpaired) electrons. The molecule has 4 aromatic rings. The van der Waals surface area contributed by atoms with Crippen molar-refractivity contribution in [1.82, 2.24) is 9.62 Å². The predicted octanol–water partition coefficient (Wildman–Crippen LogP) is 5.75. The summed E-state index contributed by atoms with van der Waals surface area (Å²) in [6.07, 6.45) is 4.01. The molecule has 1 aliphatic heterocycles. The van der Waals surface area contributed by atoms with E-state index in [1.54, 1.807) is 48.4 Å². The van der Waals surface area contributed by atoms with Crippen molar-refractivity contribution in [2.45, 2.75) is 36.4 Å². The van der Waals surface area contributed by atoms with Gasteiger partial charge in [-0.3, -0.25) is 4.79 Å². The van der Waals surface area contributed by atoms with E-state index in [2.05, 4.69) is 4.72 Å². The van der Waals surface area contributed by atoms with Crippen molar-refractivity contribution >= 4 is 26.7 Å². The minimum absolute atomic E-state index is 0.0384. The maximum absolute atomic E-state index is 14.6. The van der Waals surface area contributed by atoms with Gasteiger partial charge in [0.25, 0.3) is 0 Å². The number of rotatable bonds is 7. The summed E-state index contributed by atoms with van der Waals surface area (Å²) in [5.74, 6) is -0.00303. The van der Waals surface area contributed by atoms with E-state index in [1.165, 1.54) is 6.07 Å². The third-order valence-corrected chi connectivity index (χ3v) is 8.44. The van der Waals surface area contributed by atoms with Crippen molar-refractivity contribution < 1.29 is 22.3 Å². The quantitative estimate of drug-likeness (QED) is 0.301. The number of sulfonamides is 1. The van der Waals surface area contributed by atoms with Crippen LogP contribution < -0.4 is 9.46 Å². The SMILES string of the molecule is COc1ccc([C@H]2/C=C\C[C@H](NS(=O)(=O)c3ccc4ccccc4c3)CC(=O)N2Cc2ccccc2F)cc1. The van der Waals surface area contributed by atoms with Crippen LogP contribution in [-0.2, 0) is 21.4 Å². The number of ether oxygens (including phenoxy) is 1. The second kappa shape index (κ2) is 11.4. The number of amides is 1. The number of carbonyl (C=O) groups excluding carboxylic acids is 1. The highest BCUT2D eigenvalue weighted by Crippen LogP contribution is 2.30. The van der Waals surface area contributed by atoms with Crippen LogP contribution in [0.4, 0.5) is 4.39 Å². The maximum Gasteiger partial charge on any atom is 0.240 e. The summed E-state index contributed by atoms with van der Waals surface area (Å²) in [4.78, 5) is 15.4. The molecule has 0 aromatic heterocycles. The fourth-order valence-electron chi connectivity index (χ4n) is 4.84. The Bertz CT molecular complexity index is 1620. The molecule has 8 heteroatoms. The number of nitrogens with zero attached hydrogens (tertiary/aromatic N) is 1. The number of hydrogen-bond donors (Lipinski definition) is 1. The highest BCUT2D eigenvalue weighted by molar-refractivity contribution is 7.89. The Morgan fingerprint density at radius 3 is 2.41 bits per heavy atom. The topological polar surface area (TPSA) is 75.7 Å². The number of nitrogens with one attached hydrogen (secondary N) is 1. The Balaban J connectivity index is 1.44. The zero-order chi connectivity index (χ0) is 27.4. The van der Waals surface area contributed by atoms with Crippen LogP contribution in [-0.4, -0.2) is 32.4 Å². The van der Waals surface area contributed by atoms with Crippen molar-refractivity contribution in [3.8, 4) is 5.75 Å². The van der Waals surface area contributed by atoms with Gasteiger partial charge in [-0.2, -0.15) is 0 Å². The summed E-state index contributed by atoms with van der Waals surface area (Å²) in [5.41, 5.74) is 1.22. The first kappa shape index (κ1) is 26.6. The van der Waals surface area contributed by atoms with Crippen molar-refractivity contribution in [3.05, 3.63) is 120 Å². The van der Waals surface area contributed by atoms with Gasteiger partial charge in [0.15, 0.2) is 0 Å². The van der Waals surface area contributed by atoms with Crippen molar-refractivity contribution in [2.24, 2.45) is 0 Å². The summed E-state index contributed by atoms with van der Waals surface area (Å²) in [7, 11) is -2.31. The second-order valence-electron chi connectivity index (χ2n) is 9.53. The molecule has 0 saturated heterocycles. The molecule has 2 atom stereocenters. The molecular weight excluding hydrogens is 515 g/mol. The van der Waals surface area contributed by atoms with E-state index in [0.717, 1.165) is 16.3 Å². The average molecular weight is 545 g/mol. The average Bonchev–Trinajstić information content (AvgIpc) is 2.94. The molecule has 200 valence electrons. The molecule has 0 bridgehead atoms. The Morgan fingerprint density at radius 2 is 1.67 bits per heavy atom. The molecule has 0 spiro atoms. The lowest BCUT2D eigenvalue weighted by atomic mass is 9.98. The molecule has 1 amide bonds. The normalized spacial score (nSPS) is 18.9. The third kappa shape index (κ3) is 6.02. The Labute approximate surface area is 227 Å². The predicted molar refractivity (Wildman–Crippen MR) is 149 cm³/mol. The fraction of sp³-hybridized carbons (Fsp3) is 0.194. The summed E-state index contributed by atoms with van der Waals surface area (Å²) in [6, 6.07) is 25.1. The molecule has 4 aromatic carbocycles. The number of carbonyl (C=O) groups is 1. The van der Waals surface area contributed by atoms with Crippen LogP contribution in [0.2, 0.25) is 0 Å². The van der Waals surface area contributed by atoms with Crippen LogP contribution in [0.15, 0.2) is 108 Å². The second-order valence-corrected chi connectivity index (χ2v) is 11.2. The van der Waals surface area contributed by atoms with Gasteiger partial charge in [-0.05, 0) is 53.1 Å². The zero-order valence-electron chi connectivity index (χ0n) is 21.5. The number of halogens is 1. The number of hydrogen-bond acceptors (Lipinski definition) is 4. The third-order valence-electron chi connectivity index (χ3n) is 6.93. The van der Waals surface area contributed by atoms with E-state index >= 15 is 0 Å². The van der Waals surface area contributed by atoms with E-state index in [-0.39, 0.29) is 23.8 Å². The van der Waals surface area contributed by atoms with Gasteiger partial charge in [0.1, 0.15) is 11.6 Å². The molecule has 39 heavy (non-hydrogen) atoms. The fourth-order valence-corrected chi connectivity index (χ4v) is 6.13. The summed E-state index contributed by atoms with van der Waals surface area (Å²) in [5, 5.41) is 1.75. The number of fused-ring (bicyclic) bond motifs is 1. The van der Waals surface area contributed by atoms with E-state index in [1.807, 2.05) is 60.7 Å². The lowest BCUT2D eigenvalue weighted by Crippen LogP contribution is -2.42. The minimum Gasteiger partial charge on any atom is -0.497 e. The van der Waals surface area contributed by atoms with Crippen molar-refractivity contribution in [3.63, 3.8) is 0 Å². The first-order valence-corrected chi connectivity index (χ1v) is 14.2. The molecule has 0 saturated carbocycles. The standard InChI is InChI=1S/C31H29FN2O4S/c1-38-27-16-13-23(14-17-27)30-12-6-10-26(20-31(35)34(30)21-25-9-4-5-11-29(25)32)33-39(36,37)28-18-15-22-7-2-3-8-24(22)19-28/h2-9,11-19,26,30,33H,10,20-21H2,1H3/b12-6-/t26-,30+/m0/s1. The molecule has 1 aliphatic rings. The smallest absolute Gasteiger partial charge is 0.240 e. The Hall–Kier alpha value is -4.01. The van der Waals surface area contributed by atoms with E-state index < -0.39 is 27.9 Å². The molecular formula is C31H29FN2O4S.